The summed E-state index contributed by atoms with van der Waals surface area (Å²) in [6.45, 7) is 6.91. The summed E-state index contributed by atoms with van der Waals surface area (Å²) in [6.07, 6.45) is -0.973. The average molecular weight is 418 g/mol. The molecule has 0 bridgehead atoms. The van der Waals surface area contributed by atoms with Crippen molar-refractivity contribution in [2.24, 2.45) is 5.41 Å². The number of esters is 1. The van der Waals surface area contributed by atoms with E-state index in [1.165, 1.54) is 13.0 Å². The molecule has 1 amide bonds. The van der Waals surface area contributed by atoms with Gasteiger partial charge in [0.25, 0.3) is 0 Å². The molecule has 0 aliphatic rings. The van der Waals surface area contributed by atoms with Crippen molar-refractivity contribution in [2.45, 2.75) is 38.7 Å². The Morgan fingerprint density at radius 1 is 1.07 bits per heavy atom. The van der Waals surface area contributed by atoms with E-state index < -0.39 is 23.3 Å². The lowest BCUT2D eigenvalue weighted by atomic mass is 9.95. The highest BCUT2D eigenvalue weighted by molar-refractivity contribution is 8.00. The lowest BCUT2D eigenvalue weighted by molar-refractivity contribution is -0.143. The number of amides is 1. The van der Waals surface area contributed by atoms with E-state index in [1.807, 2.05) is 0 Å². The zero-order valence-electron chi connectivity index (χ0n) is 16.8. The fraction of sp³-hybridized carbons (Fsp3) is 0.318. The summed E-state index contributed by atoms with van der Waals surface area (Å²) < 4.78 is 18.7. The van der Waals surface area contributed by atoms with Crippen molar-refractivity contribution >= 4 is 35.1 Å². The van der Waals surface area contributed by atoms with E-state index in [1.54, 1.807) is 63.2 Å². The molecule has 0 aliphatic carbocycles. The van der Waals surface area contributed by atoms with Crippen molar-refractivity contribution in [3.63, 3.8) is 0 Å². The summed E-state index contributed by atoms with van der Waals surface area (Å²) in [6, 6.07) is 12.5. The molecule has 2 aromatic carbocycles. The van der Waals surface area contributed by atoms with Crippen LogP contribution in [0.1, 0.15) is 38.1 Å². The van der Waals surface area contributed by atoms with Gasteiger partial charge in [-0.15, -0.1) is 11.8 Å². The van der Waals surface area contributed by atoms with Crippen LogP contribution < -0.4 is 5.32 Å². The number of thioether (sulfide) groups is 1. The standard InChI is InChI=1S/C22H24FNO4S/c1-14(28-19(25)13-29-18-8-6-5-7-17(18)23)20(26)15-9-11-16(12-10-15)24-21(27)22(2,3)4/h5-12,14H,13H2,1-4H3,(H,24,27)/t14-/m1/s1. The maximum atomic E-state index is 13.6. The molecular formula is C22H24FNO4S. The van der Waals surface area contributed by atoms with E-state index in [-0.39, 0.29) is 17.4 Å². The van der Waals surface area contributed by atoms with E-state index in [9.17, 15) is 18.8 Å². The Morgan fingerprint density at radius 3 is 2.28 bits per heavy atom. The highest BCUT2D eigenvalue weighted by atomic mass is 32.2. The fourth-order valence-corrected chi connectivity index (χ4v) is 2.98. The first-order valence-corrected chi connectivity index (χ1v) is 10.1. The third-order valence-electron chi connectivity index (χ3n) is 3.97. The van der Waals surface area contributed by atoms with E-state index in [4.69, 9.17) is 4.74 Å². The molecule has 29 heavy (non-hydrogen) atoms. The zero-order chi connectivity index (χ0) is 21.6. The van der Waals surface area contributed by atoms with Gasteiger partial charge in [0.2, 0.25) is 11.7 Å². The van der Waals surface area contributed by atoms with E-state index in [2.05, 4.69) is 5.32 Å². The minimum Gasteiger partial charge on any atom is -0.454 e. The fourth-order valence-electron chi connectivity index (χ4n) is 2.25. The number of rotatable bonds is 7. The van der Waals surface area contributed by atoms with Gasteiger partial charge < -0.3 is 10.1 Å². The van der Waals surface area contributed by atoms with Crippen LogP contribution in [-0.4, -0.2) is 29.5 Å². The second kappa shape index (κ2) is 9.69. The van der Waals surface area contributed by atoms with Crippen molar-refractivity contribution in [2.75, 3.05) is 11.1 Å². The predicted molar refractivity (Wildman–Crippen MR) is 112 cm³/mol. The van der Waals surface area contributed by atoms with E-state index in [0.717, 1.165) is 11.8 Å². The van der Waals surface area contributed by atoms with Gasteiger partial charge in [-0.1, -0.05) is 32.9 Å². The van der Waals surface area contributed by atoms with Gasteiger partial charge in [-0.25, -0.2) is 4.39 Å². The molecule has 0 spiro atoms. The first-order chi connectivity index (χ1) is 13.6. The maximum absolute atomic E-state index is 13.6. The molecule has 0 aromatic heterocycles. The first kappa shape index (κ1) is 22.6. The number of carbonyl (C=O) groups is 3. The number of Topliss-reactive ketones (excluding diaryl/α,β-unsaturated/α-hetero) is 1. The lowest BCUT2D eigenvalue weighted by Crippen LogP contribution is -2.27. The maximum Gasteiger partial charge on any atom is 0.316 e. The van der Waals surface area contributed by atoms with Crippen LogP contribution >= 0.6 is 11.8 Å². The van der Waals surface area contributed by atoms with Crippen molar-refractivity contribution in [3.05, 3.63) is 59.9 Å². The zero-order valence-corrected chi connectivity index (χ0v) is 17.6. The van der Waals surface area contributed by atoms with Gasteiger partial charge in [0.1, 0.15) is 5.82 Å². The monoisotopic (exact) mass is 417 g/mol. The van der Waals surface area contributed by atoms with Gasteiger partial charge in [0.15, 0.2) is 6.10 Å². The molecule has 7 heteroatoms. The minimum atomic E-state index is -0.973. The van der Waals surface area contributed by atoms with Gasteiger partial charge >= 0.3 is 5.97 Å². The van der Waals surface area contributed by atoms with Crippen LogP contribution in [0.25, 0.3) is 0 Å². The molecule has 2 rings (SSSR count). The molecule has 0 heterocycles. The minimum absolute atomic E-state index is 0.101. The van der Waals surface area contributed by atoms with Crippen molar-refractivity contribution in [3.8, 4) is 0 Å². The highest BCUT2D eigenvalue weighted by Crippen LogP contribution is 2.22. The number of anilines is 1. The average Bonchev–Trinajstić information content (AvgIpc) is 2.66. The van der Waals surface area contributed by atoms with Crippen molar-refractivity contribution in [1.29, 1.82) is 0 Å². The van der Waals surface area contributed by atoms with Gasteiger partial charge in [-0.2, -0.15) is 0 Å². The largest absolute Gasteiger partial charge is 0.454 e. The third-order valence-corrected chi connectivity index (χ3v) is 4.99. The molecular weight excluding hydrogens is 393 g/mol. The second-order valence-electron chi connectivity index (χ2n) is 7.50. The Labute approximate surface area is 174 Å². The Balaban J connectivity index is 1.89. The van der Waals surface area contributed by atoms with Gasteiger partial charge in [-0.3, -0.25) is 14.4 Å². The molecule has 1 N–H and O–H groups in total. The topological polar surface area (TPSA) is 72.5 Å². The number of halogens is 1. The third kappa shape index (κ3) is 6.71. The Morgan fingerprint density at radius 2 is 1.69 bits per heavy atom. The van der Waals surface area contributed by atoms with E-state index in [0.29, 0.717) is 16.1 Å². The van der Waals surface area contributed by atoms with Crippen LogP contribution in [0.5, 0.6) is 0 Å². The van der Waals surface area contributed by atoms with E-state index >= 15 is 0 Å². The van der Waals surface area contributed by atoms with Crippen LogP contribution in [0.4, 0.5) is 10.1 Å². The number of nitrogens with one attached hydrogen (secondary N) is 1. The lowest BCUT2D eigenvalue weighted by Gasteiger charge is -2.18. The smallest absolute Gasteiger partial charge is 0.316 e. The van der Waals surface area contributed by atoms with Crippen LogP contribution in [-0.2, 0) is 14.3 Å². The second-order valence-corrected chi connectivity index (χ2v) is 8.51. The molecule has 0 saturated carbocycles. The van der Waals surface area contributed by atoms with Gasteiger partial charge in [0, 0.05) is 21.6 Å². The summed E-state index contributed by atoms with van der Waals surface area (Å²) in [5.74, 6) is -1.61. The quantitative estimate of drug-likeness (QED) is 0.401. The molecule has 0 unspecified atom stereocenters. The van der Waals surface area contributed by atoms with Crippen molar-refractivity contribution < 1.29 is 23.5 Å². The molecule has 1 atom stereocenters. The molecule has 154 valence electrons. The summed E-state index contributed by atoms with van der Waals surface area (Å²) in [5, 5.41) is 2.78. The molecule has 0 aliphatic heterocycles. The molecule has 5 nitrogen and oxygen atoms in total. The number of benzene rings is 2. The van der Waals surface area contributed by atoms with Crippen LogP contribution in [0.3, 0.4) is 0 Å². The number of ketones is 1. The van der Waals surface area contributed by atoms with Crippen LogP contribution in [0, 0.1) is 11.2 Å². The SMILES string of the molecule is C[C@@H](OC(=O)CSc1ccccc1F)C(=O)c1ccc(NC(=O)C(C)(C)C)cc1. The number of hydrogen-bond acceptors (Lipinski definition) is 5. The summed E-state index contributed by atoms with van der Waals surface area (Å²) >= 11 is 1.01. The molecule has 0 radical (unpaired) electrons. The molecule has 0 saturated heterocycles. The number of carbonyl (C=O) groups excluding carboxylic acids is 3. The van der Waals surface area contributed by atoms with Crippen LogP contribution in [0.2, 0.25) is 0 Å². The van der Waals surface area contributed by atoms with Crippen molar-refractivity contribution in [1.82, 2.24) is 0 Å². The predicted octanol–water partition coefficient (Wildman–Crippen LogP) is 4.72. The highest BCUT2D eigenvalue weighted by Gasteiger charge is 2.22. The number of hydrogen-bond donors (Lipinski definition) is 1. The Bertz CT molecular complexity index is 890. The van der Waals surface area contributed by atoms with Crippen LogP contribution in [0.15, 0.2) is 53.4 Å². The first-order valence-electron chi connectivity index (χ1n) is 9.10. The van der Waals surface area contributed by atoms with Gasteiger partial charge in [-0.05, 0) is 43.3 Å². The Kier molecular flexibility index (Phi) is 7.56. The van der Waals surface area contributed by atoms with Gasteiger partial charge in [0.05, 0.1) is 5.75 Å². The number of ether oxygens (including phenoxy) is 1. The summed E-state index contributed by atoms with van der Waals surface area (Å²) in [5.41, 5.74) is 0.408. The summed E-state index contributed by atoms with van der Waals surface area (Å²) in [4.78, 5) is 36.8. The molecule has 2 aromatic rings. The normalized spacial score (nSPS) is 12.2. The summed E-state index contributed by atoms with van der Waals surface area (Å²) in [7, 11) is 0. The molecule has 0 fully saturated rings. The Hall–Kier alpha value is -2.67.